The summed E-state index contributed by atoms with van der Waals surface area (Å²) in [6.07, 6.45) is 4.37. The summed E-state index contributed by atoms with van der Waals surface area (Å²) in [5.74, 6) is -1.11. The zero-order valence-corrected chi connectivity index (χ0v) is 7.56. The van der Waals surface area contributed by atoms with Crippen molar-refractivity contribution in [1.82, 2.24) is 4.90 Å². The van der Waals surface area contributed by atoms with E-state index in [4.69, 9.17) is 5.11 Å². The molecular weight excluding hydrogens is 170 g/mol. The van der Waals surface area contributed by atoms with E-state index in [0.717, 1.165) is 6.42 Å². The van der Waals surface area contributed by atoms with Gasteiger partial charge in [-0.3, -0.25) is 4.79 Å². The number of hydrogen-bond donors (Lipinski definition) is 1. The highest BCUT2D eigenvalue weighted by Gasteiger charge is 2.32. The Morgan fingerprint density at radius 3 is 2.77 bits per heavy atom. The molecule has 4 nitrogen and oxygen atoms in total. The maximum absolute atomic E-state index is 11.3. The van der Waals surface area contributed by atoms with Gasteiger partial charge in [0.25, 0.3) is 0 Å². The first-order valence-corrected chi connectivity index (χ1v) is 4.33. The summed E-state index contributed by atoms with van der Waals surface area (Å²) < 4.78 is 0. The standard InChI is InChI=1S/C9H13NO3/c1-2-4-8(11)10-6-3-5-7(10)9(12)13/h2,4,7H,3,5-6H2,1H3,(H,12,13)/b4-2+/t7-/m1/s1. The fraction of sp³-hybridized carbons (Fsp3) is 0.556. The number of carbonyl (C=O) groups excluding carboxylic acids is 1. The van der Waals surface area contributed by atoms with Crippen molar-refractivity contribution in [2.24, 2.45) is 0 Å². The average Bonchev–Trinajstić information content (AvgIpc) is 2.52. The van der Waals surface area contributed by atoms with Gasteiger partial charge in [0.1, 0.15) is 6.04 Å². The van der Waals surface area contributed by atoms with Crippen LogP contribution in [0, 0.1) is 0 Å². The van der Waals surface area contributed by atoms with Crippen LogP contribution in [0.3, 0.4) is 0 Å². The summed E-state index contributed by atoms with van der Waals surface area (Å²) >= 11 is 0. The predicted molar refractivity (Wildman–Crippen MR) is 47.2 cm³/mol. The summed E-state index contributed by atoms with van der Waals surface area (Å²) in [6, 6.07) is -0.622. The number of nitrogens with zero attached hydrogens (tertiary/aromatic N) is 1. The molecule has 0 spiro atoms. The van der Waals surface area contributed by atoms with Crippen LogP contribution in [0.4, 0.5) is 0 Å². The minimum atomic E-state index is -0.907. The second-order valence-electron chi connectivity index (χ2n) is 3.03. The van der Waals surface area contributed by atoms with Crippen LogP contribution in [0.15, 0.2) is 12.2 Å². The first kappa shape index (κ1) is 9.77. The lowest BCUT2D eigenvalue weighted by Gasteiger charge is -2.19. The maximum Gasteiger partial charge on any atom is 0.326 e. The fourth-order valence-electron chi connectivity index (χ4n) is 1.53. The monoisotopic (exact) mass is 183 g/mol. The third-order valence-corrected chi connectivity index (χ3v) is 2.13. The number of aliphatic carboxylic acids is 1. The molecule has 0 aromatic rings. The van der Waals surface area contributed by atoms with Gasteiger partial charge in [-0.15, -0.1) is 0 Å². The zero-order valence-electron chi connectivity index (χ0n) is 7.56. The highest BCUT2D eigenvalue weighted by atomic mass is 16.4. The van der Waals surface area contributed by atoms with Crippen molar-refractivity contribution in [3.05, 3.63) is 12.2 Å². The van der Waals surface area contributed by atoms with E-state index in [2.05, 4.69) is 0 Å². The van der Waals surface area contributed by atoms with Gasteiger partial charge in [-0.2, -0.15) is 0 Å². The Hall–Kier alpha value is -1.32. The van der Waals surface area contributed by atoms with Crippen LogP contribution in [0.25, 0.3) is 0 Å². The molecule has 1 amide bonds. The quantitative estimate of drug-likeness (QED) is 0.639. The zero-order chi connectivity index (χ0) is 9.84. The van der Waals surface area contributed by atoms with Gasteiger partial charge in [0.05, 0.1) is 0 Å². The molecule has 1 saturated heterocycles. The van der Waals surface area contributed by atoms with E-state index >= 15 is 0 Å². The Morgan fingerprint density at radius 2 is 2.23 bits per heavy atom. The Balaban J connectivity index is 2.68. The van der Waals surface area contributed by atoms with Crippen LogP contribution >= 0.6 is 0 Å². The van der Waals surface area contributed by atoms with Crippen LogP contribution in [0.2, 0.25) is 0 Å². The van der Waals surface area contributed by atoms with E-state index in [-0.39, 0.29) is 5.91 Å². The van der Waals surface area contributed by atoms with Crippen molar-refractivity contribution in [3.63, 3.8) is 0 Å². The first-order valence-electron chi connectivity index (χ1n) is 4.33. The molecule has 0 bridgehead atoms. The molecular formula is C9H13NO3. The number of hydrogen-bond acceptors (Lipinski definition) is 2. The molecule has 1 aliphatic heterocycles. The molecule has 0 aromatic carbocycles. The lowest BCUT2D eigenvalue weighted by Crippen LogP contribution is -2.39. The number of carboxylic acids is 1. The summed E-state index contributed by atoms with van der Waals surface area (Å²) in [5, 5.41) is 8.78. The van der Waals surface area contributed by atoms with Crippen molar-refractivity contribution in [3.8, 4) is 0 Å². The number of carboxylic acid groups (broad SMARTS) is 1. The van der Waals surface area contributed by atoms with Gasteiger partial charge in [-0.05, 0) is 25.8 Å². The molecule has 1 fully saturated rings. The van der Waals surface area contributed by atoms with Gasteiger partial charge in [0.15, 0.2) is 0 Å². The van der Waals surface area contributed by atoms with E-state index in [1.165, 1.54) is 11.0 Å². The number of likely N-dealkylation sites (tertiary alicyclic amines) is 1. The van der Waals surface area contributed by atoms with Crippen LogP contribution in [0.1, 0.15) is 19.8 Å². The maximum atomic E-state index is 11.3. The molecule has 0 saturated carbocycles. The molecule has 0 aromatic heterocycles. The minimum Gasteiger partial charge on any atom is -0.480 e. The fourth-order valence-corrected chi connectivity index (χ4v) is 1.53. The lowest BCUT2D eigenvalue weighted by molar-refractivity contribution is -0.146. The van der Waals surface area contributed by atoms with Crippen LogP contribution < -0.4 is 0 Å². The largest absolute Gasteiger partial charge is 0.480 e. The van der Waals surface area contributed by atoms with E-state index in [1.54, 1.807) is 13.0 Å². The van der Waals surface area contributed by atoms with Gasteiger partial charge in [-0.25, -0.2) is 4.79 Å². The van der Waals surface area contributed by atoms with Crippen molar-refractivity contribution in [2.45, 2.75) is 25.8 Å². The van der Waals surface area contributed by atoms with Gasteiger partial charge < -0.3 is 10.0 Å². The summed E-state index contributed by atoms with van der Waals surface area (Å²) in [5.41, 5.74) is 0. The highest BCUT2D eigenvalue weighted by molar-refractivity contribution is 5.91. The van der Waals surface area contributed by atoms with Crippen molar-refractivity contribution >= 4 is 11.9 Å². The summed E-state index contributed by atoms with van der Waals surface area (Å²) in [7, 11) is 0. The van der Waals surface area contributed by atoms with Gasteiger partial charge in [-0.1, -0.05) is 6.08 Å². The molecule has 0 unspecified atom stereocenters. The van der Waals surface area contributed by atoms with Crippen LogP contribution in [0.5, 0.6) is 0 Å². The van der Waals surface area contributed by atoms with Crippen LogP contribution in [-0.4, -0.2) is 34.5 Å². The Morgan fingerprint density at radius 1 is 1.54 bits per heavy atom. The Bertz CT molecular complexity index is 247. The van der Waals surface area contributed by atoms with E-state index in [9.17, 15) is 9.59 Å². The molecule has 0 radical (unpaired) electrons. The molecule has 0 aliphatic carbocycles. The van der Waals surface area contributed by atoms with E-state index in [0.29, 0.717) is 13.0 Å². The smallest absolute Gasteiger partial charge is 0.326 e. The summed E-state index contributed by atoms with van der Waals surface area (Å²) in [6.45, 7) is 2.30. The Kier molecular flexibility index (Phi) is 3.06. The van der Waals surface area contributed by atoms with Crippen molar-refractivity contribution in [2.75, 3.05) is 6.54 Å². The normalized spacial score (nSPS) is 22.5. The first-order chi connectivity index (χ1) is 6.16. The molecule has 72 valence electrons. The lowest BCUT2D eigenvalue weighted by atomic mass is 10.2. The van der Waals surface area contributed by atoms with Gasteiger partial charge in [0.2, 0.25) is 5.91 Å². The number of rotatable bonds is 2. The van der Waals surface area contributed by atoms with Gasteiger partial charge >= 0.3 is 5.97 Å². The average molecular weight is 183 g/mol. The number of allylic oxidation sites excluding steroid dienone is 1. The number of amides is 1. The van der Waals surface area contributed by atoms with Crippen LogP contribution in [-0.2, 0) is 9.59 Å². The van der Waals surface area contributed by atoms with Gasteiger partial charge in [0, 0.05) is 6.54 Å². The molecule has 1 heterocycles. The second-order valence-corrected chi connectivity index (χ2v) is 3.03. The van der Waals surface area contributed by atoms with E-state index < -0.39 is 12.0 Å². The van der Waals surface area contributed by atoms with Crippen molar-refractivity contribution < 1.29 is 14.7 Å². The third kappa shape index (κ3) is 2.08. The molecule has 13 heavy (non-hydrogen) atoms. The second kappa shape index (κ2) is 4.07. The highest BCUT2D eigenvalue weighted by Crippen LogP contribution is 2.17. The summed E-state index contributed by atoms with van der Waals surface area (Å²) in [4.78, 5) is 23.4. The molecule has 1 rings (SSSR count). The topological polar surface area (TPSA) is 57.6 Å². The molecule has 4 heteroatoms. The minimum absolute atomic E-state index is 0.201. The number of carbonyl (C=O) groups is 2. The molecule has 1 atom stereocenters. The molecule has 1 aliphatic rings. The predicted octanol–water partition coefficient (Wildman–Crippen LogP) is 0.638. The molecule has 1 N–H and O–H groups in total. The Labute approximate surface area is 76.8 Å². The van der Waals surface area contributed by atoms with E-state index in [1.807, 2.05) is 0 Å². The SMILES string of the molecule is C/C=C/C(=O)N1CCC[C@@H]1C(=O)O. The third-order valence-electron chi connectivity index (χ3n) is 2.13. The van der Waals surface area contributed by atoms with Crippen molar-refractivity contribution in [1.29, 1.82) is 0 Å².